The van der Waals surface area contributed by atoms with E-state index in [1.54, 1.807) is 37.4 Å². The molecule has 24 heavy (non-hydrogen) atoms. The highest BCUT2D eigenvalue weighted by atomic mass is 79.9. The molecule has 6 nitrogen and oxygen atoms in total. The summed E-state index contributed by atoms with van der Waals surface area (Å²) in [6.45, 7) is -0.305. The number of anilines is 1. The van der Waals surface area contributed by atoms with Crippen molar-refractivity contribution in [3.05, 3.63) is 53.0 Å². The minimum Gasteiger partial charge on any atom is -0.497 e. The second-order valence-electron chi connectivity index (χ2n) is 4.77. The molecule has 2 aromatic carbocycles. The number of carbonyl (C=O) groups is 2. The Kier molecular flexibility index (Phi) is 6.62. The van der Waals surface area contributed by atoms with Gasteiger partial charge in [0.2, 0.25) is 5.91 Å². The van der Waals surface area contributed by atoms with Gasteiger partial charge in [-0.2, -0.15) is 0 Å². The number of rotatable bonds is 7. The molecule has 0 atom stereocenters. The van der Waals surface area contributed by atoms with Crippen LogP contribution in [0.2, 0.25) is 0 Å². The molecule has 0 aromatic heterocycles. The molecule has 2 amide bonds. The summed E-state index contributed by atoms with van der Waals surface area (Å²) < 4.78 is 11.1. The highest BCUT2D eigenvalue weighted by molar-refractivity contribution is 9.10. The molecule has 0 saturated carbocycles. The number of benzene rings is 2. The molecule has 0 spiro atoms. The summed E-state index contributed by atoms with van der Waals surface area (Å²) in [4.78, 5) is 23.5. The molecule has 7 heteroatoms. The Bertz CT molecular complexity index is 704. The van der Waals surface area contributed by atoms with Gasteiger partial charge in [0.1, 0.15) is 11.5 Å². The van der Waals surface area contributed by atoms with E-state index in [2.05, 4.69) is 26.6 Å². The lowest BCUT2D eigenvalue weighted by Crippen LogP contribution is -2.35. The molecule has 0 aliphatic heterocycles. The molecule has 0 radical (unpaired) electrons. The van der Waals surface area contributed by atoms with Crippen LogP contribution in [0.15, 0.2) is 53.0 Å². The van der Waals surface area contributed by atoms with Crippen LogP contribution >= 0.6 is 15.9 Å². The number of carbonyl (C=O) groups excluding carboxylic acids is 2. The van der Waals surface area contributed by atoms with Crippen molar-refractivity contribution in [2.24, 2.45) is 0 Å². The van der Waals surface area contributed by atoms with Crippen molar-refractivity contribution in [3.8, 4) is 11.5 Å². The number of ether oxygens (including phenoxy) is 2. The van der Waals surface area contributed by atoms with E-state index in [4.69, 9.17) is 9.47 Å². The molecule has 0 bridgehead atoms. The van der Waals surface area contributed by atoms with Gasteiger partial charge in [0.15, 0.2) is 6.61 Å². The maximum absolute atomic E-state index is 11.8. The van der Waals surface area contributed by atoms with Crippen LogP contribution in [-0.4, -0.2) is 32.1 Å². The average Bonchev–Trinajstić information content (AvgIpc) is 2.60. The predicted molar refractivity (Wildman–Crippen MR) is 94.3 cm³/mol. The minimum absolute atomic E-state index is 0.133. The third-order valence-electron chi connectivity index (χ3n) is 3.02. The fourth-order valence-corrected chi connectivity index (χ4v) is 2.19. The molecular formula is C17H17BrN2O4. The molecule has 126 valence electrons. The number of halogens is 1. The van der Waals surface area contributed by atoms with E-state index in [0.717, 1.165) is 4.47 Å². The summed E-state index contributed by atoms with van der Waals surface area (Å²) in [6.07, 6.45) is 0. The van der Waals surface area contributed by atoms with E-state index in [0.29, 0.717) is 17.2 Å². The highest BCUT2D eigenvalue weighted by Crippen LogP contribution is 2.20. The first-order valence-corrected chi connectivity index (χ1v) is 7.95. The lowest BCUT2D eigenvalue weighted by atomic mass is 10.3. The summed E-state index contributed by atoms with van der Waals surface area (Å²) in [5.74, 6) is 0.548. The van der Waals surface area contributed by atoms with Crippen molar-refractivity contribution in [2.75, 3.05) is 25.6 Å². The largest absolute Gasteiger partial charge is 0.497 e. The van der Waals surface area contributed by atoms with E-state index in [9.17, 15) is 9.59 Å². The summed E-state index contributed by atoms with van der Waals surface area (Å²) in [5.41, 5.74) is 0.645. The van der Waals surface area contributed by atoms with Crippen molar-refractivity contribution in [3.63, 3.8) is 0 Å². The first kappa shape index (κ1) is 17.8. The molecule has 2 N–H and O–H groups in total. The van der Waals surface area contributed by atoms with Gasteiger partial charge in [-0.3, -0.25) is 9.59 Å². The van der Waals surface area contributed by atoms with Gasteiger partial charge in [0.05, 0.1) is 19.3 Å². The van der Waals surface area contributed by atoms with Crippen LogP contribution < -0.4 is 20.1 Å². The van der Waals surface area contributed by atoms with Crippen LogP contribution in [0.4, 0.5) is 5.69 Å². The minimum atomic E-state index is -0.381. The first-order chi connectivity index (χ1) is 11.6. The summed E-state index contributed by atoms with van der Waals surface area (Å²) >= 11 is 3.33. The zero-order valence-corrected chi connectivity index (χ0v) is 14.6. The number of hydrogen-bond acceptors (Lipinski definition) is 4. The fraction of sp³-hybridized carbons (Fsp3) is 0.176. The normalized spacial score (nSPS) is 9.92. The second kappa shape index (κ2) is 8.93. The Morgan fingerprint density at radius 3 is 2.33 bits per heavy atom. The zero-order valence-electron chi connectivity index (χ0n) is 13.0. The topological polar surface area (TPSA) is 76.7 Å². The van der Waals surface area contributed by atoms with Crippen LogP contribution in [-0.2, 0) is 9.59 Å². The second-order valence-corrected chi connectivity index (χ2v) is 5.62. The number of hydrogen-bond donors (Lipinski definition) is 2. The number of nitrogens with one attached hydrogen (secondary N) is 2. The van der Waals surface area contributed by atoms with Crippen LogP contribution in [0.25, 0.3) is 0 Å². The van der Waals surface area contributed by atoms with Crippen molar-refractivity contribution in [2.45, 2.75) is 0 Å². The van der Waals surface area contributed by atoms with Gasteiger partial charge in [-0.05, 0) is 52.3 Å². The van der Waals surface area contributed by atoms with Crippen LogP contribution in [0.5, 0.6) is 11.5 Å². The molecule has 0 fully saturated rings. The maximum Gasteiger partial charge on any atom is 0.258 e. The molecule has 2 aromatic rings. The summed E-state index contributed by atoms with van der Waals surface area (Å²) in [5, 5.41) is 5.20. The number of methoxy groups -OCH3 is 1. The molecule has 0 saturated heterocycles. The molecule has 0 heterocycles. The Hall–Kier alpha value is -2.54. The monoisotopic (exact) mass is 392 g/mol. The molecule has 0 aliphatic carbocycles. The van der Waals surface area contributed by atoms with Gasteiger partial charge in [0, 0.05) is 4.47 Å². The van der Waals surface area contributed by atoms with Crippen molar-refractivity contribution in [1.82, 2.24) is 5.32 Å². The zero-order chi connectivity index (χ0) is 17.4. The Labute approximate surface area is 148 Å². The smallest absolute Gasteiger partial charge is 0.258 e. The molecular weight excluding hydrogens is 376 g/mol. The van der Waals surface area contributed by atoms with Crippen molar-refractivity contribution >= 4 is 33.4 Å². The number of amides is 2. The van der Waals surface area contributed by atoms with Gasteiger partial charge in [0.25, 0.3) is 5.91 Å². The van der Waals surface area contributed by atoms with Crippen LogP contribution in [0, 0.1) is 0 Å². The standard InChI is InChI=1S/C17H17BrN2O4/c1-23-12-6-8-13(9-7-12)24-11-17(22)19-10-16(21)20-15-5-3-2-4-14(15)18/h2-9H,10-11H2,1H3,(H,19,22)(H,20,21). The lowest BCUT2D eigenvalue weighted by molar-refractivity contribution is -0.125. The average molecular weight is 393 g/mol. The predicted octanol–water partition coefficient (Wildman–Crippen LogP) is 2.59. The summed E-state index contributed by atoms with van der Waals surface area (Å²) in [7, 11) is 1.57. The van der Waals surface area contributed by atoms with Gasteiger partial charge in [-0.25, -0.2) is 0 Å². The SMILES string of the molecule is COc1ccc(OCC(=O)NCC(=O)Nc2ccccc2Br)cc1. The highest BCUT2D eigenvalue weighted by Gasteiger charge is 2.08. The first-order valence-electron chi connectivity index (χ1n) is 7.16. The van der Waals surface area contributed by atoms with E-state index in [1.807, 2.05) is 18.2 Å². The maximum atomic E-state index is 11.8. The van der Waals surface area contributed by atoms with E-state index >= 15 is 0 Å². The van der Waals surface area contributed by atoms with Gasteiger partial charge in [-0.1, -0.05) is 12.1 Å². The Morgan fingerprint density at radius 2 is 1.67 bits per heavy atom. The van der Waals surface area contributed by atoms with Gasteiger partial charge in [-0.15, -0.1) is 0 Å². The third kappa shape index (κ3) is 5.58. The van der Waals surface area contributed by atoms with E-state index in [1.165, 1.54) is 0 Å². The van der Waals surface area contributed by atoms with Crippen molar-refractivity contribution in [1.29, 1.82) is 0 Å². The third-order valence-corrected chi connectivity index (χ3v) is 3.71. The van der Waals surface area contributed by atoms with Crippen molar-refractivity contribution < 1.29 is 19.1 Å². The summed E-state index contributed by atoms with van der Waals surface area (Å²) in [6, 6.07) is 14.1. The van der Waals surface area contributed by atoms with E-state index in [-0.39, 0.29) is 25.0 Å². The Morgan fingerprint density at radius 1 is 1.00 bits per heavy atom. The number of para-hydroxylation sites is 1. The van der Waals surface area contributed by atoms with E-state index < -0.39 is 0 Å². The molecule has 0 aliphatic rings. The van der Waals surface area contributed by atoms with Gasteiger partial charge < -0.3 is 20.1 Å². The molecule has 2 rings (SSSR count). The molecule has 0 unspecified atom stereocenters. The quantitative estimate of drug-likeness (QED) is 0.758. The fourth-order valence-electron chi connectivity index (χ4n) is 1.81. The van der Waals surface area contributed by atoms with Gasteiger partial charge >= 0.3 is 0 Å². The lowest BCUT2D eigenvalue weighted by Gasteiger charge is -2.09. The van der Waals surface area contributed by atoms with Crippen LogP contribution in [0.1, 0.15) is 0 Å². The van der Waals surface area contributed by atoms with Crippen LogP contribution in [0.3, 0.4) is 0 Å². The Balaban J connectivity index is 1.72.